The van der Waals surface area contributed by atoms with E-state index in [1.54, 1.807) is 0 Å². The van der Waals surface area contributed by atoms with Crippen LogP contribution in [0, 0.1) is 6.92 Å². The number of hydrogen-bond donors (Lipinski definition) is 2. The van der Waals surface area contributed by atoms with Crippen LogP contribution < -0.4 is 10.2 Å². The van der Waals surface area contributed by atoms with E-state index in [0.29, 0.717) is 24.1 Å². The molecule has 0 atom stereocenters. The summed E-state index contributed by atoms with van der Waals surface area (Å²) in [5.74, 6) is 1.60. The van der Waals surface area contributed by atoms with Gasteiger partial charge in [-0.1, -0.05) is 29.8 Å². The summed E-state index contributed by atoms with van der Waals surface area (Å²) in [6, 6.07) is 9.76. The molecular weight excluding hydrogens is 376 g/mol. The Kier molecular flexibility index (Phi) is 4.26. The van der Waals surface area contributed by atoms with Gasteiger partial charge >= 0.3 is 0 Å². The Morgan fingerprint density at radius 2 is 1.96 bits per heavy atom. The van der Waals surface area contributed by atoms with Gasteiger partial charge in [0.25, 0.3) is 0 Å². The Balaban J connectivity index is 1.68. The number of hydrogen-bond acceptors (Lipinski definition) is 6. The van der Waals surface area contributed by atoms with Crippen LogP contribution in [0.5, 0.6) is 0 Å². The van der Waals surface area contributed by atoms with Gasteiger partial charge in [0.2, 0.25) is 0 Å². The molecule has 0 spiro atoms. The number of anilines is 3. The summed E-state index contributed by atoms with van der Waals surface area (Å²) in [5, 5.41) is 11.5. The number of aryl methyl sites for hydroxylation is 1. The van der Waals surface area contributed by atoms with Gasteiger partial charge in [-0.15, -0.1) is 0 Å². The molecule has 0 amide bonds. The molecule has 2 aromatic heterocycles. The highest BCUT2D eigenvalue weighted by Crippen LogP contribution is 2.38. The van der Waals surface area contributed by atoms with Crippen LogP contribution in [0.4, 0.5) is 23.0 Å². The third-order valence-electron chi connectivity index (χ3n) is 5.00. The smallest absolute Gasteiger partial charge is 0.178 e. The molecule has 28 heavy (non-hydrogen) atoms. The minimum absolute atomic E-state index is 0.647. The van der Waals surface area contributed by atoms with E-state index in [2.05, 4.69) is 20.4 Å². The molecule has 0 bridgehead atoms. The highest BCUT2D eigenvalue weighted by atomic mass is 35.5. The highest BCUT2D eigenvalue weighted by Gasteiger charge is 2.24. The fourth-order valence-electron chi connectivity index (χ4n) is 3.51. The van der Waals surface area contributed by atoms with Crippen molar-refractivity contribution < 1.29 is 4.74 Å². The van der Waals surface area contributed by atoms with Crippen LogP contribution in [0.25, 0.3) is 0 Å². The molecule has 7 nitrogen and oxygen atoms in total. The summed E-state index contributed by atoms with van der Waals surface area (Å²) < 4.78 is 5.46. The fourth-order valence-corrected chi connectivity index (χ4v) is 3.73. The van der Waals surface area contributed by atoms with Gasteiger partial charge in [0.1, 0.15) is 11.5 Å². The second-order valence-corrected chi connectivity index (χ2v) is 7.21. The lowest BCUT2D eigenvalue weighted by atomic mass is 10.0. The van der Waals surface area contributed by atoms with E-state index in [0.717, 1.165) is 52.8 Å². The lowest BCUT2D eigenvalue weighted by Crippen LogP contribution is -2.36. The number of pyridine rings is 1. The number of aromatic amines is 1. The van der Waals surface area contributed by atoms with Gasteiger partial charge in [0.05, 0.1) is 30.3 Å². The van der Waals surface area contributed by atoms with Crippen LogP contribution in [-0.4, -0.2) is 47.2 Å². The van der Waals surface area contributed by atoms with Crippen molar-refractivity contribution in [3.05, 3.63) is 58.4 Å². The van der Waals surface area contributed by atoms with Crippen molar-refractivity contribution in [2.45, 2.75) is 6.92 Å². The molecule has 142 valence electrons. The van der Waals surface area contributed by atoms with Gasteiger partial charge in [-0.25, -0.2) is 9.98 Å². The maximum atomic E-state index is 6.50. The summed E-state index contributed by atoms with van der Waals surface area (Å²) in [7, 11) is 0. The molecule has 2 aliphatic heterocycles. The second-order valence-electron chi connectivity index (χ2n) is 6.80. The second kappa shape index (κ2) is 6.92. The molecule has 2 aliphatic rings. The zero-order valence-corrected chi connectivity index (χ0v) is 16.1. The van der Waals surface area contributed by atoms with Crippen molar-refractivity contribution in [2.24, 2.45) is 4.99 Å². The van der Waals surface area contributed by atoms with Crippen LogP contribution in [-0.2, 0) is 4.74 Å². The van der Waals surface area contributed by atoms with E-state index in [4.69, 9.17) is 26.3 Å². The predicted molar refractivity (Wildman–Crippen MR) is 111 cm³/mol. The van der Waals surface area contributed by atoms with Crippen LogP contribution >= 0.6 is 11.6 Å². The maximum Gasteiger partial charge on any atom is 0.178 e. The zero-order valence-electron chi connectivity index (χ0n) is 15.4. The first-order valence-corrected chi connectivity index (χ1v) is 9.57. The number of nitrogens with one attached hydrogen (secondary N) is 2. The highest BCUT2D eigenvalue weighted by molar-refractivity contribution is 6.36. The summed E-state index contributed by atoms with van der Waals surface area (Å²) in [6.07, 6.45) is 1.86. The minimum Gasteiger partial charge on any atom is -0.378 e. The largest absolute Gasteiger partial charge is 0.378 e. The standard InChI is InChI=1S/C20H19ClN6O/c1-12-18-20(26-25-12)23-16-10-17(27-6-8-28-9-7-27)22-11-14(16)19(24-18)13-4-2-3-5-15(13)21/h2-5,10-11H,6-9H2,1H3,(H2,23,25,26). The van der Waals surface area contributed by atoms with E-state index in [-0.39, 0.29) is 0 Å². The molecule has 0 saturated carbocycles. The number of fused-ring (bicyclic) bond motifs is 2. The normalized spacial score (nSPS) is 15.9. The molecule has 1 saturated heterocycles. The van der Waals surface area contributed by atoms with Crippen LogP contribution in [0.15, 0.2) is 41.5 Å². The molecule has 2 N–H and O–H groups in total. The van der Waals surface area contributed by atoms with E-state index in [9.17, 15) is 0 Å². The van der Waals surface area contributed by atoms with Gasteiger partial charge in [-0.05, 0) is 13.0 Å². The predicted octanol–water partition coefficient (Wildman–Crippen LogP) is 3.83. The van der Waals surface area contributed by atoms with Crippen molar-refractivity contribution in [3.63, 3.8) is 0 Å². The first kappa shape index (κ1) is 17.2. The van der Waals surface area contributed by atoms with Gasteiger partial charge in [-0.3, -0.25) is 5.10 Å². The Hall–Kier alpha value is -2.90. The van der Waals surface area contributed by atoms with Crippen molar-refractivity contribution in [3.8, 4) is 0 Å². The molecule has 0 aliphatic carbocycles. The fraction of sp³-hybridized carbons (Fsp3) is 0.250. The number of aliphatic imine (C=N–C) groups is 1. The monoisotopic (exact) mass is 394 g/mol. The number of halogens is 1. The average molecular weight is 395 g/mol. The van der Waals surface area contributed by atoms with Gasteiger partial charge in [-0.2, -0.15) is 5.10 Å². The van der Waals surface area contributed by atoms with E-state index in [1.165, 1.54) is 0 Å². The van der Waals surface area contributed by atoms with Crippen molar-refractivity contribution in [2.75, 3.05) is 36.5 Å². The first-order valence-electron chi connectivity index (χ1n) is 9.19. The lowest BCUT2D eigenvalue weighted by molar-refractivity contribution is 0.122. The molecule has 3 aromatic rings. The number of benzene rings is 1. The summed E-state index contributed by atoms with van der Waals surface area (Å²) in [4.78, 5) is 11.8. The number of H-pyrrole nitrogens is 1. The van der Waals surface area contributed by atoms with Crippen LogP contribution in [0.2, 0.25) is 5.02 Å². The van der Waals surface area contributed by atoms with Gasteiger partial charge < -0.3 is 15.0 Å². The number of ether oxygens (including phenoxy) is 1. The van der Waals surface area contributed by atoms with Gasteiger partial charge in [0, 0.05) is 41.5 Å². The lowest BCUT2D eigenvalue weighted by Gasteiger charge is -2.28. The summed E-state index contributed by atoms with van der Waals surface area (Å²) >= 11 is 6.50. The number of morpholine rings is 1. The molecule has 5 rings (SSSR count). The molecule has 0 radical (unpaired) electrons. The third-order valence-corrected chi connectivity index (χ3v) is 5.33. The Bertz CT molecular complexity index is 1070. The average Bonchev–Trinajstić information content (AvgIpc) is 2.98. The molecule has 0 unspecified atom stereocenters. The summed E-state index contributed by atoms with van der Waals surface area (Å²) in [6.45, 7) is 5.02. The molecule has 1 fully saturated rings. The SMILES string of the molecule is Cc1[nH]nc2c1N=C(c1ccccc1Cl)c1cnc(N3CCOCC3)cc1N2. The zero-order chi connectivity index (χ0) is 19.1. The third kappa shape index (κ3) is 2.93. The number of nitrogens with zero attached hydrogens (tertiary/aromatic N) is 4. The van der Waals surface area contributed by atoms with Crippen LogP contribution in [0.3, 0.4) is 0 Å². The number of aromatic nitrogens is 3. The molecule has 8 heteroatoms. The van der Waals surface area contributed by atoms with Crippen molar-refractivity contribution in [1.82, 2.24) is 15.2 Å². The van der Waals surface area contributed by atoms with Crippen molar-refractivity contribution in [1.29, 1.82) is 0 Å². The molecule has 1 aromatic carbocycles. The molecular formula is C20H19ClN6O. The Morgan fingerprint density at radius 1 is 1.14 bits per heavy atom. The van der Waals surface area contributed by atoms with Crippen molar-refractivity contribution >= 4 is 40.3 Å². The summed E-state index contributed by atoms with van der Waals surface area (Å²) in [5.41, 5.74) is 5.10. The molecule has 4 heterocycles. The quantitative estimate of drug-likeness (QED) is 0.540. The topological polar surface area (TPSA) is 78.4 Å². The van der Waals surface area contributed by atoms with Gasteiger partial charge in [0.15, 0.2) is 5.82 Å². The Morgan fingerprint density at radius 3 is 2.79 bits per heavy atom. The Labute approximate surface area is 167 Å². The van der Waals surface area contributed by atoms with E-state index in [1.807, 2.05) is 43.5 Å². The maximum absolute atomic E-state index is 6.50. The minimum atomic E-state index is 0.647. The number of rotatable bonds is 2. The van der Waals surface area contributed by atoms with E-state index < -0.39 is 0 Å². The van der Waals surface area contributed by atoms with Crippen LogP contribution in [0.1, 0.15) is 16.8 Å². The van der Waals surface area contributed by atoms with E-state index >= 15 is 0 Å². The first-order chi connectivity index (χ1) is 13.7.